The smallest absolute Gasteiger partial charge is 0.271 e. The van der Waals surface area contributed by atoms with E-state index in [4.69, 9.17) is 22.8 Å². The van der Waals surface area contributed by atoms with Gasteiger partial charge < -0.3 is 9.30 Å². The summed E-state index contributed by atoms with van der Waals surface area (Å²) in [5.74, 6) is 2.53. The highest BCUT2D eigenvalue weighted by Crippen LogP contribution is 2.34. The molecule has 0 aliphatic heterocycles. The van der Waals surface area contributed by atoms with Gasteiger partial charge in [-0.1, -0.05) is 47.9 Å². The monoisotopic (exact) mass is 545 g/mol. The van der Waals surface area contributed by atoms with Gasteiger partial charge in [0, 0.05) is 16.9 Å². The molecule has 7 heteroatoms. The molecule has 5 nitrogen and oxygen atoms in total. The number of ether oxygens (including phenoxy) is 1. The fraction of sp³-hybridized carbons (Fsp3) is 0.0714. The largest absolute Gasteiger partial charge is 0.478 e. The molecule has 1 amide bonds. The van der Waals surface area contributed by atoms with E-state index in [1.54, 1.807) is 24.3 Å². The molecule has 0 aliphatic rings. The summed E-state index contributed by atoms with van der Waals surface area (Å²) >= 11 is 9.66. The summed E-state index contributed by atoms with van der Waals surface area (Å²) in [6, 6.07) is 25.2. The number of amides is 1. The normalized spacial score (nSPS) is 10.8. The van der Waals surface area contributed by atoms with Crippen molar-refractivity contribution in [1.82, 2.24) is 9.99 Å². The van der Waals surface area contributed by atoms with Crippen LogP contribution in [0.25, 0.3) is 16.9 Å². The van der Waals surface area contributed by atoms with Crippen molar-refractivity contribution in [3.05, 3.63) is 105 Å². The first-order valence-electron chi connectivity index (χ1n) is 10.7. The van der Waals surface area contributed by atoms with Gasteiger partial charge in [-0.25, -0.2) is 5.43 Å². The fourth-order valence-electron chi connectivity index (χ4n) is 3.61. The minimum atomic E-state index is -0.320. The lowest BCUT2D eigenvalue weighted by atomic mass is 10.1. The van der Waals surface area contributed by atoms with Crippen LogP contribution >= 0.6 is 27.5 Å². The Morgan fingerprint density at radius 3 is 2.57 bits per heavy atom. The van der Waals surface area contributed by atoms with Gasteiger partial charge in [-0.2, -0.15) is 5.10 Å². The van der Waals surface area contributed by atoms with E-state index in [2.05, 4.69) is 68.1 Å². The van der Waals surface area contributed by atoms with Crippen LogP contribution in [0, 0.1) is 19.3 Å². The number of hydrazone groups is 1. The Hall–Kier alpha value is -3.79. The number of terminal acetylenes is 1. The molecule has 4 aromatic rings. The predicted octanol–water partition coefficient (Wildman–Crippen LogP) is 6.64. The number of aryl methyl sites for hydroxylation is 1. The Balaban J connectivity index is 1.46. The minimum Gasteiger partial charge on any atom is -0.478 e. The Morgan fingerprint density at radius 1 is 1.14 bits per heavy atom. The van der Waals surface area contributed by atoms with E-state index in [9.17, 15) is 4.79 Å². The van der Waals surface area contributed by atoms with E-state index in [0.29, 0.717) is 26.4 Å². The molecule has 0 aliphatic carbocycles. The summed E-state index contributed by atoms with van der Waals surface area (Å²) in [7, 11) is 0. The number of nitrogens with one attached hydrogen (secondary N) is 1. The number of rotatable bonds is 7. The van der Waals surface area contributed by atoms with Gasteiger partial charge >= 0.3 is 0 Å². The molecule has 0 bridgehead atoms. The molecular weight excluding hydrogens is 526 g/mol. The van der Waals surface area contributed by atoms with E-state index < -0.39 is 0 Å². The van der Waals surface area contributed by atoms with Crippen LogP contribution in [0.15, 0.2) is 88.4 Å². The third-order valence-electron chi connectivity index (χ3n) is 5.23. The molecule has 1 heterocycles. The van der Waals surface area contributed by atoms with E-state index in [1.807, 2.05) is 30.3 Å². The summed E-state index contributed by atoms with van der Waals surface area (Å²) in [4.78, 5) is 12.6. The van der Waals surface area contributed by atoms with Gasteiger partial charge in [-0.3, -0.25) is 4.79 Å². The molecule has 0 fully saturated rings. The van der Waals surface area contributed by atoms with Crippen molar-refractivity contribution in [2.45, 2.75) is 6.92 Å². The zero-order valence-corrected chi connectivity index (χ0v) is 21.2. The van der Waals surface area contributed by atoms with Crippen LogP contribution < -0.4 is 10.2 Å². The quantitative estimate of drug-likeness (QED) is 0.160. The number of carbonyl (C=O) groups excluding carboxylic acids is 1. The number of benzene rings is 3. The van der Waals surface area contributed by atoms with E-state index in [-0.39, 0.29) is 12.5 Å². The zero-order chi connectivity index (χ0) is 24.8. The lowest BCUT2D eigenvalue weighted by Crippen LogP contribution is -2.17. The first-order valence-corrected chi connectivity index (χ1v) is 11.9. The highest BCUT2D eigenvalue weighted by molar-refractivity contribution is 9.10. The van der Waals surface area contributed by atoms with Gasteiger partial charge in [0.2, 0.25) is 0 Å². The lowest BCUT2D eigenvalue weighted by molar-refractivity contribution is 0.0955. The summed E-state index contributed by atoms with van der Waals surface area (Å²) in [6.07, 6.45) is 6.73. The molecule has 174 valence electrons. The second-order valence-corrected chi connectivity index (χ2v) is 8.88. The Morgan fingerprint density at radius 2 is 1.89 bits per heavy atom. The summed E-state index contributed by atoms with van der Waals surface area (Å²) in [5.41, 5.74) is 8.01. The SMILES string of the molecule is C#CCOc1c(Cl)cc(/C=N/NC(=O)c2ccc(-n3c(C)ccc3-c3ccccc3)cc2)cc1Br. The van der Waals surface area contributed by atoms with E-state index in [1.165, 1.54) is 6.21 Å². The summed E-state index contributed by atoms with van der Waals surface area (Å²) < 4.78 is 8.22. The van der Waals surface area contributed by atoms with Crippen molar-refractivity contribution in [2.75, 3.05) is 6.61 Å². The van der Waals surface area contributed by atoms with Gasteiger partial charge in [0.1, 0.15) is 6.61 Å². The second-order valence-electron chi connectivity index (χ2n) is 7.61. The standard InChI is InChI=1S/C28H21BrClN3O2/c1-3-15-35-27-24(29)16-20(17-25(27)30)18-31-32-28(34)22-10-12-23(13-11-22)33-19(2)9-14-26(33)21-7-5-4-6-8-21/h1,4-14,16-18H,15H2,2H3,(H,32,34)/b31-18+. The molecule has 35 heavy (non-hydrogen) atoms. The highest BCUT2D eigenvalue weighted by Gasteiger charge is 2.11. The average Bonchev–Trinajstić information content (AvgIpc) is 3.25. The van der Waals surface area contributed by atoms with Crippen LogP contribution in [0.3, 0.4) is 0 Å². The fourth-order valence-corrected chi connectivity index (χ4v) is 4.60. The number of carbonyl (C=O) groups is 1. The molecule has 3 aromatic carbocycles. The van der Waals surface area contributed by atoms with Crippen molar-refractivity contribution in [3.8, 4) is 35.0 Å². The van der Waals surface area contributed by atoms with Gasteiger partial charge in [-0.05, 0) is 82.5 Å². The van der Waals surface area contributed by atoms with Crippen LogP contribution in [0.4, 0.5) is 0 Å². The van der Waals surface area contributed by atoms with E-state index >= 15 is 0 Å². The minimum absolute atomic E-state index is 0.109. The van der Waals surface area contributed by atoms with Crippen molar-refractivity contribution >= 4 is 39.7 Å². The maximum Gasteiger partial charge on any atom is 0.271 e. The molecule has 4 rings (SSSR count). The van der Waals surface area contributed by atoms with Crippen LogP contribution in [0.1, 0.15) is 21.6 Å². The highest BCUT2D eigenvalue weighted by atomic mass is 79.9. The molecule has 0 unspecified atom stereocenters. The maximum atomic E-state index is 12.6. The molecule has 1 aromatic heterocycles. The van der Waals surface area contributed by atoms with Crippen LogP contribution in [0.5, 0.6) is 5.75 Å². The van der Waals surface area contributed by atoms with Crippen LogP contribution in [0.2, 0.25) is 5.02 Å². The number of hydrogen-bond donors (Lipinski definition) is 1. The average molecular weight is 547 g/mol. The molecule has 0 atom stereocenters. The van der Waals surface area contributed by atoms with Gasteiger partial charge in [0.15, 0.2) is 5.75 Å². The number of halogens is 2. The maximum absolute atomic E-state index is 12.6. The third-order valence-corrected chi connectivity index (χ3v) is 6.10. The third kappa shape index (κ3) is 5.65. The van der Waals surface area contributed by atoms with Crippen molar-refractivity contribution in [3.63, 3.8) is 0 Å². The molecule has 0 spiro atoms. The molecule has 0 saturated carbocycles. The van der Waals surface area contributed by atoms with Gasteiger partial charge in [0.25, 0.3) is 5.91 Å². The topological polar surface area (TPSA) is 55.6 Å². The lowest BCUT2D eigenvalue weighted by Gasteiger charge is -2.12. The molecular formula is C28H21BrClN3O2. The predicted molar refractivity (Wildman–Crippen MR) is 144 cm³/mol. The molecule has 0 radical (unpaired) electrons. The zero-order valence-electron chi connectivity index (χ0n) is 18.8. The Labute approximate surface area is 217 Å². The first kappa shape index (κ1) is 24.3. The number of aromatic nitrogens is 1. The second kappa shape index (κ2) is 11.1. The van der Waals surface area contributed by atoms with Crippen molar-refractivity contribution in [2.24, 2.45) is 5.10 Å². The van der Waals surface area contributed by atoms with E-state index in [0.717, 1.165) is 22.6 Å². The van der Waals surface area contributed by atoms with Crippen LogP contribution in [-0.2, 0) is 0 Å². The molecule has 0 saturated heterocycles. The Bertz CT molecular complexity index is 1400. The van der Waals surface area contributed by atoms with Crippen molar-refractivity contribution < 1.29 is 9.53 Å². The molecule has 1 N–H and O–H groups in total. The summed E-state index contributed by atoms with van der Waals surface area (Å²) in [6.45, 7) is 2.16. The Kier molecular flexibility index (Phi) is 7.71. The van der Waals surface area contributed by atoms with Gasteiger partial charge in [-0.15, -0.1) is 6.42 Å². The number of hydrogen-bond acceptors (Lipinski definition) is 3. The van der Waals surface area contributed by atoms with Gasteiger partial charge in [0.05, 0.1) is 21.4 Å². The first-order chi connectivity index (χ1) is 17.0. The van der Waals surface area contributed by atoms with Crippen LogP contribution in [-0.4, -0.2) is 23.3 Å². The van der Waals surface area contributed by atoms with Crippen molar-refractivity contribution in [1.29, 1.82) is 0 Å². The number of nitrogens with zero attached hydrogens (tertiary/aromatic N) is 2. The summed E-state index contributed by atoms with van der Waals surface area (Å²) in [5, 5.41) is 4.43.